The summed E-state index contributed by atoms with van der Waals surface area (Å²) >= 11 is 0. The molecule has 0 N–H and O–H groups in total. The molecule has 76 valence electrons. The van der Waals surface area contributed by atoms with Crippen molar-refractivity contribution in [2.75, 3.05) is 0 Å². The number of hydrogen-bond donors (Lipinski definition) is 0. The second-order valence-corrected chi connectivity index (χ2v) is 3.79. The molecular formula is C11H21NO. The number of rotatable bonds is 1. The lowest BCUT2D eigenvalue weighted by atomic mass is 9.93. The van der Waals surface area contributed by atoms with Crippen LogP contribution in [-0.4, -0.2) is 5.16 Å². The van der Waals surface area contributed by atoms with Crippen molar-refractivity contribution in [1.29, 1.82) is 0 Å². The summed E-state index contributed by atoms with van der Waals surface area (Å²) in [4.78, 5) is 0. The Morgan fingerprint density at radius 1 is 1.31 bits per heavy atom. The summed E-state index contributed by atoms with van der Waals surface area (Å²) in [5.41, 5.74) is 1.12. The van der Waals surface area contributed by atoms with Crippen molar-refractivity contribution in [2.45, 2.75) is 53.4 Å². The van der Waals surface area contributed by atoms with E-state index in [2.05, 4.69) is 32.9 Å². The largest absolute Gasteiger partial charge is 0.361 e. The zero-order chi connectivity index (χ0) is 10.5. The van der Waals surface area contributed by atoms with E-state index in [0.717, 1.165) is 17.9 Å². The van der Waals surface area contributed by atoms with Gasteiger partial charge in [0, 0.05) is 11.5 Å². The Kier molecular flexibility index (Phi) is 4.74. The minimum atomic E-state index is 0.0837. The first kappa shape index (κ1) is 12.2. The molecule has 1 aromatic heterocycles. The Balaban J connectivity index is 0.000000671. The van der Waals surface area contributed by atoms with E-state index in [-0.39, 0.29) is 5.41 Å². The summed E-state index contributed by atoms with van der Waals surface area (Å²) in [7, 11) is 0. The fraction of sp³-hybridized carbons (Fsp3) is 0.727. The maximum Gasteiger partial charge on any atom is 0.142 e. The second kappa shape index (κ2) is 5.05. The lowest BCUT2D eigenvalue weighted by Gasteiger charge is -2.12. The number of aromatic nitrogens is 1. The summed E-state index contributed by atoms with van der Waals surface area (Å²) in [6, 6.07) is 2.03. The first-order chi connectivity index (χ1) is 6.04. The van der Waals surface area contributed by atoms with Crippen LogP contribution in [0.2, 0.25) is 0 Å². The van der Waals surface area contributed by atoms with Crippen LogP contribution in [0.5, 0.6) is 0 Å². The van der Waals surface area contributed by atoms with Gasteiger partial charge in [-0.05, 0) is 6.42 Å². The SMILES string of the molecule is CC.CCc1cc(C(C)(C)C)on1. The monoisotopic (exact) mass is 183 g/mol. The summed E-state index contributed by atoms with van der Waals surface area (Å²) in [6.07, 6.45) is 0.944. The molecule has 0 aliphatic heterocycles. The molecule has 2 heteroatoms. The zero-order valence-corrected chi connectivity index (χ0v) is 9.64. The molecule has 1 rings (SSSR count). The molecule has 0 fully saturated rings. The summed E-state index contributed by atoms with van der Waals surface area (Å²) in [5, 5.41) is 3.93. The van der Waals surface area contributed by atoms with Crippen LogP contribution in [0.4, 0.5) is 0 Å². The van der Waals surface area contributed by atoms with Crippen LogP contribution in [0.15, 0.2) is 10.6 Å². The third kappa shape index (κ3) is 3.62. The Labute approximate surface area is 81.3 Å². The number of aryl methyl sites for hydroxylation is 1. The van der Waals surface area contributed by atoms with Gasteiger partial charge in [-0.15, -0.1) is 0 Å². The fourth-order valence-corrected chi connectivity index (χ4v) is 0.832. The Bertz CT molecular complexity index is 232. The van der Waals surface area contributed by atoms with E-state index in [4.69, 9.17) is 4.52 Å². The van der Waals surface area contributed by atoms with Gasteiger partial charge in [-0.2, -0.15) is 0 Å². The molecule has 0 aliphatic rings. The fourth-order valence-electron chi connectivity index (χ4n) is 0.832. The van der Waals surface area contributed by atoms with E-state index in [9.17, 15) is 0 Å². The van der Waals surface area contributed by atoms with E-state index < -0.39 is 0 Å². The van der Waals surface area contributed by atoms with Gasteiger partial charge >= 0.3 is 0 Å². The quantitative estimate of drug-likeness (QED) is 0.665. The molecule has 0 saturated heterocycles. The van der Waals surface area contributed by atoms with Crippen LogP contribution in [-0.2, 0) is 11.8 Å². The lowest BCUT2D eigenvalue weighted by Crippen LogP contribution is -2.09. The van der Waals surface area contributed by atoms with Crippen LogP contribution in [0.1, 0.15) is 53.0 Å². The van der Waals surface area contributed by atoms with Gasteiger partial charge in [0.1, 0.15) is 5.76 Å². The molecule has 0 bridgehead atoms. The average Bonchev–Trinajstić information content (AvgIpc) is 2.54. The number of nitrogens with zero attached hydrogens (tertiary/aromatic N) is 1. The molecule has 1 heterocycles. The molecule has 13 heavy (non-hydrogen) atoms. The summed E-state index contributed by atoms with van der Waals surface area (Å²) in [5.74, 6) is 0.967. The van der Waals surface area contributed by atoms with Gasteiger partial charge in [0.25, 0.3) is 0 Å². The van der Waals surface area contributed by atoms with Crippen LogP contribution >= 0.6 is 0 Å². The van der Waals surface area contributed by atoms with Crippen LogP contribution in [0.3, 0.4) is 0 Å². The van der Waals surface area contributed by atoms with Crippen LogP contribution < -0.4 is 0 Å². The maximum atomic E-state index is 5.17. The molecule has 0 radical (unpaired) electrons. The van der Waals surface area contributed by atoms with Gasteiger partial charge in [0.2, 0.25) is 0 Å². The van der Waals surface area contributed by atoms with Crippen molar-refractivity contribution in [3.63, 3.8) is 0 Å². The van der Waals surface area contributed by atoms with Gasteiger partial charge in [-0.3, -0.25) is 0 Å². The molecule has 0 amide bonds. The predicted octanol–water partition coefficient (Wildman–Crippen LogP) is 3.56. The van der Waals surface area contributed by atoms with Crippen molar-refractivity contribution in [2.24, 2.45) is 0 Å². The molecule has 1 aromatic rings. The molecule has 0 unspecified atom stereocenters. The summed E-state index contributed by atoms with van der Waals surface area (Å²) in [6.45, 7) is 12.4. The zero-order valence-electron chi connectivity index (χ0n) is 9.64. The van der Waals surface area contributed by atoms with Gasteiger partial charge in [-0.25, -0.2) is 0 Å². The van der Waals surface area contributed by atoms with Gasteiger partial charge in [-0.1, -0.05) is 46.7 Å². The molecule has 0 atom stereocenters. The minimum absolute atomic E-state index is 0.0837. The van der Waals surface area contributed by atoms with E-state index >= 15 is 0 Å². The first-order valence-corrected chi connectivity index (χ1v) is 5.00. The Morgan fingerprint density at radius 2 is 1.85 bits per heavy atom. The highest BCUT2D eigenvalue weighted by molar-refractivity contribution is 5.12. The van der Waals surface area contributed by atoms with Gasteiger partial charge < -0.3 is 4.52 Å². The van der Waals surface area contributed by atoms with Crippen LogP contribution in [0.25, 0.3) is 0 Å². The molecule has 0 aliphatic carbocycles. The molecular weight excluding hydrogens is 162 g/mol. The third-order valence-corrected chi connectivity index (χ3v) is 1.66. The highest BCUT2D eigenvalue weighted by Gasteiger charge is 2.18. The molecule has 0 aromatic carbocycles. The van der Waals surface area contributed by atoms with E-state index in [1.807, 2.05) is 19.9 Å². The molecule has 2 nitrogen and oxygen atoms in total. The smallest absolute Gasteiger partial charge is 0.142 e. The van der Waals surface area contributed by atoms with Crippen molar-refractivity contribution >= 4 is 0 Å². The predicted molar refractivity (Wildman–Crippen MR) is 55.9 cm³/mol. The van der Waals surface area contributed by atoms with Crippen molar-refractivity contribution < 1.29 is 4.52 Å². The Morgan fingerprint density at radius 3 is 2.08 bits per heavy atom. The molecule has 0 saturated carbocycles. The van der Waals surface area contributed by atoms with Crippen molar-refractivity contribution in [3.05, 3.63) is 17.5 Å². The second-order valence-electron chi connectivity index (χ2n) is 3.79. The Hall–Kier alpha value is -0.790. The topological polar surface area (TPSA) is 26.0 Å². The van der Waals surface area contributed by atoms with Crippen molar-refractivity contribution in [1.82, 2.24) is 5.16 Å². The third-order valence-electron chi connectivity index (χ3n) is 1.66. The van der Waals surface area contributed by atoms with Gasteiger partial charge in [0.15, 0.2) is 0 Å². The number of hydrogen-bond acceptors (Lipinski definition) is 2. The average molecular weight is 183 g/mol. The minimum Gasteiger partial charge on any atom is -0.361 e. The normalized spacial score (nSPS) is 10.6. The maximum absolute atomic E-state index is 5.17. The summed E-state index contributed by atoms with van der Waals surface area (Å²) < 4.78 is 5.17. The first-order valence-electron chi connectivity index (χ1n) is 5.00. The lowest BCUT2D eigenvalue weighted by molar-refractivity contribution is 0.326. The van der Waals surface area contributed by atoms with Crippen LogP contribution in [0, 0.1) is 0 Å². The molecule has 0 spiro atoms. The van der Waals surface area contributed by atoms with Crippen molar-refractivity contribution in [3.8, 4) is 0 Å². The van der Waals surface area contributed by atoms with E-state index in [0.29, 0.717) is 0 Å². The van der Waals surface area contributed by atoms with E-state index in [1.54, 1.807) is 0 Å². The highest BCUT2D eigenvalue weighted by atomic mass is 16.5. The standard InChI is InChI=1S/C9H15NO.C2H6/c1-5-7-6-8(11-10-7)9(2,3)4;1-2/h6H,5H2,1-4H3;1-2H3. The van der Waals surface area contributed by atoms with E-state index in [1.165, 1.54) is 0 Å². The highest BCUT2D eigenvalue weighted by Crippen LogP contribution is 2.22. The van der Waals surface area contributed by atoms with Gasteiger partial charge in [0.05, 0.1) is 5.69 Å².